The Morgan fingerprint density at radius 1 is 1.27 bits per heavy atom. The molecule has 10 heteroatoms. The Bertz CT molecular complexity index is 1130. The maximum atomic E-state index is 13.9. The molecule has 0 spiro atoms. The Balaban J connectivity index is 1.61. The molecule has 8 nitrogen and oxygen atoms in total. The molecular formula is C20H18F2N4O4. The molecule has 1 unspecified atom stereocenters. The predicted octanol–water partition coefficient (Wildman–Crippen LogP) is 2.23. The fourth-order valence-electron chi connectivity index (χ4n) is 3.30. The SMILES string of the molecule is COC(=O)C1(NC(=O)c2c3cc(OCc4ccccn4)ccc3nn2C)CC1(F)F. The van der Waals surface area contributed by atoms with Gasteiger partial charge in [0.2, 0.25) is 5.54 Å². The highest BCUT2D eigenvalue weighted by molar-refractivity contribution is 6.07. The number of benzene rings is 1. The van der Waals surface area contributed by atoms with E-state index in [0.717, 1.165) is 12.8 Å². The molecule has 1 amide bonds. The number of carbonyl (C=O) groups is 2. The van der Waals surface area contributed by atoms with E-state index in [0.29, 0.717) is 16.7 Å². The van der Waals surface area contributed by atoms with Crippen LogP contribution in [-0.2, 0) is 23.2 Å². The predicted molar refractivity (Wildman–Crippen MR) is 101 cm³/mol. The molecule has 2 aromatic heterocycles. The molecular weight excluding hydrogens is 398 g/mol. The van der Waals surface area contributed by atoms with Crippen LogP contribution in [0, 0.1) is 0 Å². The van der Waals surface area contributed by atoms with E-state index in [-0.39, 0.29) is 12.3 Å². The smallest absolute Gasteiger partial charge is 0.338 e. The number of esters is 1. The van der Waals surface area contributed by atoms with Crippen LogP contribution in [0.2, 0.25) is 0 Å². The molecule has 1 atom stereocenters. The second-order valence-electron chi connectivity index (χ2n) is 6.99. The maximum absolute atomic E-state index is 13.9. The number of halogens is 2. The lowest BCUT2D eigenvalue weighted by Gasteiger charge is -2.16. The van der Waals surface area contributed by atoms with Gasteiger partial charge in [-0.05, 0) is 30.3 Å². The quantitative estimate of drug-likeness (QED) is 0.620. The van der Waals surface area contributed by atoms with Gasteiger partial charge in [0.15, 0.2) is 0 Å². The third kappa shape index (κ3) is 3.23. The van der Waals surface area contributed by atoms with Gasteiger partial charge in [-0.3, -0.25) is 14.5 Å². The van der Waals surface area contributed by atoms with Crippen LogP contribution in [0.15, 0.2) is 42.6 Å². The molecule has 0 saturated heterocycles. The number of hydrogen-bond acceptors (Lipinski definition) is 6. The minimum absolute atomic E-state index is 0.0271. The Morgan fingerprint density at radius 3 is 2.67 bits per heavy atom. The number of nitrogens with one attached hydrogen (secondary N) is 1. The van der Waals surface area contributed by atoms with Crippen LogP contribution in [0.5, 0.6) is 5.75 Å². The number of ether oxygens (including phenoxy) is 2. The molecule has 1 aromatic carbocycles. The Labute approximate surface area is 169 Å². The van der Waals surface area contributed by atoms with Crippen molar-refractivity contribution in [2.45, 2.75) is 24.5 Å². The van der Waals surface area contributed by atoms with Crippen LogP contribution in [0.1, 0.15) is 22.6 Å². The molecule has 3 aromatic rings. The lowest BCUT2D eigenvalue weighted by atomic mass is 10.1. The molecule has 4 rings (SSSR count). The van der Waals surface area contributed by atoms with Crippen LogP contribution in [-0.4, -0.2) is 45.2 Å². The van der Waals surface area contributed by atoms with Crippen LogP contribution < -0.4 is 10.1 Å². The summed E-state index contributed by atoms with van der Waals surface area (Å²) in [5, 5.41) is 6.78. The molecule has 1 aliphatic rings. The van der Waals surface area contributed by atoms with Gasteiger partial charge in [0.05, 0.1) is 24.7 Å². The maximum Gasteiger partial charge on any atom is 0.338 e. The first-order valence-corrected chi connectivity index (χ1v) is 9.05. The van der Waals surface area contributed by atoms with Crippen molar-refractivity contribution in [3.8, 4) is 5.75 Å². The van der Waals surface area contributed by atoms with Gasteiger partial charge in [0.25, 0.3) is 11.8 Å². The van der Waals surface area contributed by atoms with Crippen LogP contribution in [0.3, 0.4) is 0 Å². The van der Waals surface area contributed by atoms with Crippen molar-refractivity contribution in [3.63, 3.8) is 0 Å². The molecule has 0 radical (unpaired) electrons. The van der Waals surface area contributed by atoms with Crippen molar-refractivity contribution >= 4 is 22.8 Å². The third-order valence-electron chi connectivity index (χ3n) is 4.98. The number of carbonyl (C=O) groups excluding carboxylic acids is 2. The third-order valence-corrected chi connectivity index (χ3v) is 4.98. The first-order chi connectivity index (χ1) is 14.3. The highest BCUT2D eigenvalue weighted by Gasteiger charge is 2.78. The molecule has 156 valence electrons. The highest BCUT2D eigenvalue weighted by atomic mass is 19.3. The molecule has 0 aliphatic heterocycles. The summed E-state index contributed by atoms with van der Waals surface area (Å²) < 4.78 is 39.2. The van der Waals surface area contributed by atoms with E-state index < -0.39 is 29.8 Å². The molecule has 1 saturated carbocycles. The molecule has 0 bridgehead atoms. The summed E-state index contributed by atoms with van der Waals surface area (Å²) >= 11 is 0. The van der Waals surface area contributed by atoms with Gasteiger partial charge < -0.3 is 14.8 Å². The summed E-state index contributed by atoms with van der Waals surface area (Å²) in [6, 6.07) is 10.4. The molecule has 1 N–H and O–H groups in total. The average Bonchev–Trinajstić information content (AvgIpc) is 3.12. The minimum atomic E-state index is -3.37. The van der Waals surface area contributed by atoms with Crippen LogP contribution >= 0.6 is 0 Å². The summed E-state index contributed by atoms with van der Waals surface area (Å²) in [4.78, 5) is 28.9. The van der Waals surface area contributed by atoms with E-state index in [1.165, 1.54) is 11.7 Å². The number of alkyl halides is 2. The van der Waals surface area contributed by atoms with E-state index in [1.807, 2.05) is 12.1 Å². The minimum Gasteiger partial charge on any atom is -0.487 e. The van der Waals surface area contributed by atoms with Crippen molar-refractivity contribution in [3.05, 3.63) is 54.0 Å². The zero-order chi connectivity index (χ0) is 21.5. The fraction of sp³-hybridized carbons (Fsp3) is 0.300. The molecule has 2 heterocycles. The number of methoxy groups -OCH3 is 1. The van der Waals surface area contributed by atoms with Gasteiger partial charge in [0.1, 0.15) is 18.1 Å². The van der Waals surface area contributed by atoms with Gasteiger partial charge in [0, 0.05) is 18.6 Å². The molecule has 30 heavy (non-hydrogen) atoms. The normalized spacial score (nSPS) is 19.3. The summed E-state index contributed by atoms with van der Waals surface area (Å²) in [5.41, 5.74) is -1.14. The Morgan fingerprint density at radius 2 is 2.03 bits per heavy atom. The zero-order valence-corrected chi connectivity index (χ0v) is 16.2. The van der Waals surface area contributed by atoms with E-state index in [2.05, 4.69) is 20.1 Å². The van der Waals surface area contributed by atoms with Crippen molar-refractivity contribution in [2.75, 3.05) is 7.11 Å². The van der Waals surface area contributed by atoms with Gasteiger partial charge in [-0.1, -0.05) is 6.07 Å². The number of hydrogen-bond donors (Lipinski definition) is 1. The van der Waals surface area contributed by atoms with Gasteiger partial charge in [-0.25, -0.2) is 13.6 Å². The van der Waals surface area contributed by atoms with E-state index in [9.17, 15) is 18.4 Å². The first-order valence-electron chi connectivity index (χ1n) is 9.05. The Hall–Kier alpha value is -3.56. The van der Waals surface area contributed by atoms with Gasteiger partial charge >= 0.3 is 5.97 Å². The monoisotopic (exact) mass is 416 g/mol. The summed E-state index contributed by atoms with van der Waals surface area (Å²) in [6.45, 7) is 0.214. The first kappa shape index (κ1) is 19.7. The lowest BCUT2D eigenvalue weighted by molar-refractivity contribution is -0.147. The number of amides is 1. The van der Waals surface area contributed by atoms with Crippen molar-refractivity contribution in [2.24, 2.45) is 7.05 Å². The van der Waals surface area contributed by atoms with Gasteiger partial charge in [-0.15, -0.1) is 0 Å². The number of aromatic nitrogens is 3. The number of rotatable bonds is 6. The van der Waals surface area contributed by atoms with Crippen molar-refractivity contribution in [1.82, 2.24) is 20.1 Å². The van der Waals surface area contributed by atoms with E-state index in [4.69, 9.17) is 4.74 Å². The second-order valence-corrected chi connectivity index (χ2v) is 6.99. The van der Waals surface area contributed by atoms with Gasteiger partial charge in [-0.2, -0.15) is 5.10 Å². The van der Waals surface area contributed by atoms with Crippen molar-refractivity contribution in [1.29, 1.82) is 0 Å². The fourth-order valence-corrected chi connectivity index (χ4v) is 3.30. The summed E-state index contributed by atoms with van der Waals surface area (Å²) in [7, 11) is 2.51. The zero-order valence-electron chi connectivity index (χ0n) is 16.2. The number of fused-ring (bicyclic) bond motifs is 1. The topological polar surface area (TPSA) is 95.3 Å². The molecule has 1 fully saturated rings. The van der Waals surface area contributed by atoms with E-state index >= 15 is 0 Å². The number of nitrogens with zero attached hydrogens (tertiary/aromatic N) is 3. The van der Waals surface area contributed by atoms with Crippen LogP contribution in [0.4, 0.5) is 8.78 Å². The Kier molecular flexibility index (Phi) is 4.64. The lowest BCUT2D eigenvalue weighted by Crippen LogP contribution is -2.48. The summed E-state index contributed by atoms with van der Waals surface area (Å²) in [6.07, 6.45) is 0.836. The highest BCUT2D eigenvalue weighted by Crippen LogP contribution is 2.53. The van der Waals surface area contributed by atoms with Crippen molar-refractivity contribution < 1.29 is 27.8 Å². The largest absolute Gasteiger partial charge is 0.487 e. The molecule has 1 aliphatic carbocycles. The van der Waals surface area contributed by atoms with Crippen LogP contribution in [0.25, 0.3) is 10.9 Å². The van der Waals surface area contributed by atoms with E-state index in [1.54, 1.807) is 30.5 Å². The number of pyridine rings is 1. The second kappa shape index (κ2) is 7.05. The number of aryl methyl sites for hydroxylation is 1. The average molecular weight is 416 g/mol. The summed E-state index contributed by atoms with van der Waals surface area (Å²) in [5.74, 6) is -4.97. The standard InChI is InChI=1S/C20H18F2N4O4/c1-26-16(17(27)24-19(18(28)29-2)11-20(19,21)22)14-9-13(6-7-15(14)25-26)30-10-12-5-3-4-8-23-12/h3-9H,10-11H2,1-2H3,(H,24,27).